The third-order valence-electron chi connectivity index (χ3n) is 3.46. The van der Waals surface area contributed by atoms with Gasteiger partial charge in [-0.05, 0) is 18.9 Å². The van der Waals surface area contributed by atoms with Gasteiger partial charge >= 0.3 is 0 Å². The fraction of sp³-hybridized carbons (Fsp3) is 0.333. The van der Waals surface area contributed by atoms with E-state index >= 15 is 0 Å². The summed E-state index contributed by atoms with van der Waals surface area (Å²) < 4.78 is 10.5. The Bertz CT molecular complexity index is 601. The van der Waals surface area contributed by atoms with Gasteiger partial charge < -0.3 is 9.26 Å². The first-order valence-corrected chi connectivity index (χ1v) is 6.66. The molecule has 0 bridgehead atoms. The van der Waals surface area contributed by atoms with Crippen molar-refractivity contribution in [2.45, 2.75) is 13.3 Å². The van der Waals surface area contributed by atoms with E-state index in [0.29, 0.717) is 19.1 Å². The highest BCUT2D eigenvalue weighted by Gasteiger charge is 2.26. The van der Waals surface area contributed by atoms with Crippen molar-refractivity contribution in [1.29, 1.82) is 0 Å². The second-order valence-corrected chi connectivity index (χ2v) is 4.89. The summed E-state index contributed by atoms with van der Waals surface area (Å²) in [4.78, 5) is 12.1. The Morgan fingerprint density at radius 1 is 1.35 bits per heavy atom. The van der Waals surface area contributed by atoms with Crippen LogP contribution in [0.4, 0.5) is 5.88 Å². The molecule has 0 radical (unpaired) electrons. The SMILES string of the molecule is Cc1noc(NC(=O)C2CCOC2)c1-c1ccccc1. The molecule has 104 valence electrons. The van der Waals surface area contributed by atoms with E-state index in [4.69, 9.17) is 9.26 Å². The van der Waals surface area contributed by atoms with Gasteiger partial charge in [-0.25, -0.2) is 0 Å². The number of amides is 1. The molecule has 1 aliphatic rings. The smallest absolute Gasteiger partial charge is 0.239 e. The van der Waals surface area contributed by atoms with Crippen LogP contribution in [0.2, 0.25) is 0 Å². The minimum absolute atomic E-state index is 0.0733. The number of hydrogen-bond acceptors (Lipinski definition) is 4. The normalized spacial score (nSPS) is 18.1. The van der Waals surface area contributed by atoms with Gasteiger partial charge in [0, 0.05) is 6.61 Å². The Kier molecular flexibility index (Phi) is 3.52. The summed E-state index contributed by atoms with van der Waals surface area (Å²) in [5, 5.41) is 6.78. The first kappa shape index (κ1) is 12.9. The maximum Gasteiger partial charge on any atom is 0.239 e. The molecule has 0 saturated carbocycles. The summed E-state index contributed by atoms with van der Waals surface area (Å²) >= 11 is 0. The maximum atomic E-state index is 12.1. The van der Waals surface area contributed by atoms with Crippen LogP contribution in [-0.2, 0) is 9.53 Å². The molecular formula is C15H16N2O3. The van der Waals surface area contributed by atoms with E-state index in [1.165, 1.54) is 0 Å². The molecule has 1 aromatic carbocycles. The fourth-order valence-corrected chi connectivity index (χ4v) is 2.36. The van der Waals surface area contributed by atoms with E-state index in [9.17, 15) is 4.79 Å². The number of anilines is 1. The molecule has 5 nitrogen and oxygen atoms in total. The molecule has 2 heterocycles. The van der Waals surface area contributed by atoms with Gasteiger partial charge in [0.15, 0.2) is 0 Å². The first-order chi connectivity index (χ1) is 9.75. The number of aromatic nitrogens is 1. The average Bonchev–Trinajstić information content (AvgIpc) is 3.10. The van der Waals surface area contributed by atoms with Crippen molar-refractivity contribution in [3.63, 3.8) is 0 Å². The molecule has 1 fully saturated rings. The van der Waals surface area contributed by atoms with Crippen LogP contribution in [0.3, 0.4) is 0 Å². The molecule has 1 N–H and O–H groups in total. The minimum Gasteiger partial charge on any atom is -0.381 e. The van der Waals surface area contributed by atoms with Crippen LogP contribution in [0.5, 0.6) is 0 Å². The van der Waals surface area contributed by atoms with Crippen molar-refractivity contribution < 1.29 is 14.1 Å². The number of carbonyl (C=O) groups excluding carboxylic acids is 1. The summed E-state index contributed by atoms with van der Waals surface area (Å²) in [5.41, 5.74) is 2.57. The van der Waals surface area contributed by atoms with E-state index < -0.39 is 0 Å². The van der Waals surface area contributed by atoms with Gasteiger partial charge in [-0.3, -0.25) is 10.1 Å². The molecule has 1 saturated heterocycles. The van der Waals surface area contributed by atoms with Crippen molar-refractivity contribution in [1.82, 2.24) is 5.16 Å². The van der Waals surface area contributed by atoms with E-state index in [2.05, 4.69) is 10.5 Å². The standard InChI is InChI=1S/C15H16N2O3/c1-10-13(11-5-3-2-4-6-11)15(20-17-10)16-14(18)12-7-8-19-9-12/h2-6,12H,7-9H2,1H3,(H,16,18). The molecule has 2 aromatic rings. The summed E-state index contributed by atoms with van der Waals surface area (Å²) in [6.07, 6.45) is 0.750. The minimum atomic E-state index is -0.107. The van der Waals surface area contributed by atoms with Crippen molar-refractivity contribution in [2.24, 2.45) is 5.92 Å². The van der Waals surface area contributed by atoms with Crippen LogP contribution in [0, 0.1) is 12.8 Å². The largest absolute Gasteiger partial charge is 0.381 e. The van der Waals surface area contributed by atoms with Crippen molar-refractivity contribution >= 4 is 11.8 Å². The maximum absolute atomic E-state index is 12.1. The molecule has 1 atom stereocenters. The van der Waals surface area contributed by atoms with E-state index in [-0.39, 0.29) is 11.8 Å². The van der Waals surface area contributed by atoms with Crippen molar-refractivity contribution in [3.8, 4) is 11.1 Å². The zero-order valence-electron chi connectivity index (χ0n) is 11.3. The van der Waals surface area contributed by atoms with E-state index in [0.717, 1.165) is 23.2 Å². The van der Waals surface area contributed by atoms with Gasteiger partial charge in [-0.15, -0.1) is 0 Å². The summed E-state index contributed by atoms with van der Waals surface area (Å²) in [6.45, 7) is 2.97. The quantitative estimate of drug-likeness (QED) is 0.932. The Morgan fingerprint density at radius 3 is 2.85 bits per heavy atom. The Labute approximate surface area is 116 Å². The number of carbonyl (C=O) groups is 1. The number of nitrogens with one attached hydrogen (secondary N) is 1. The number of hydrogen-bond donors (Lipinski definition) is 1. The molecule has 3 rings (SSSR count). The lowest BCUT2D eigenvalue weighted by Gasteiger charge is -2.08. The lowest BCUT2D eigenvalue weighted by atomic mass is 10.1. The zero-order valence-corrected chi connectivity index (χ0v) is 11.3. The summed E-state index contributed by atoms with van der Waals surface area (Å²) in [7, 11) is 0. The van der Waals surface area contributed by atoms with E-state index in [1.807, 2.05) is 37.3 Å². The number of rotatable bonds is 3. The molecule has 0 aliphatic carbocycles. The molecular weight excluding hydrogens is 256 g/mol. The van der Waals surface area contributed by atoms with Crippen LogP contribution < -0.4 is 5.32 Å². The molecule has 1 unspecified atom stereocenters. The molecule has 0 spiro atoms. The first-order valence-electron chi connectivity index (χ1n) is 6.66. The lowest BCUT2D eigenvalue weighted by Crippen LogP contribution is -2.22. The highest BCUT2D eigenvalue weighted by atomic mass is 16.5. The number of benzene rings is 1. The second kappa shape index (κ2) is 5.46. The van der Waals surface area contributed by atoms with Crippen molar-refractivity contribution in [3.05, 3.63) is 36.0 Å². The van der Waals surface area contributed by atoms with Crippen LogP contribution in [0.1, 0.15) is 12.1 Å². The zero-order chi connectivity index (χ0) is 13.9. The topological polar surface area (TPSA) is 64.4 Å². The number of aryl methyl sites for hydroxylation is 1. The van der Waals surface area contributed by atoms with Gasteiger partial charge in [0.1, 0.15) is 0 Å². The Morgan fingerprint density at radius 2 is 2.15 bits per heavy atom. The van der Waals surface area contributed by atoms with Gasteiger partial charge in [-0.2, -0.15) is 0 Å². The highest BCUT2D eigenvalue weighted by Crippen LogP contribution is 2.31. The molecule has 1 aliphatic heterocycles. The van der Waals surface area contributed by atoms with Crippen molar-refractivity contribution in [2.75, 3.05) is 18.5 Å². The van der Waals surface area contributed by atoms with Gasteiger partial charge in [0.2, 0.25) is 11.8 Å². The van der Waals surface area contributed by atoms with E-state index in [1.54, 1.807) is 0 Å². The lowest BCUT2D eigenvalue weighted by molar-refractivity contribution is -0.119. The average molecular weight is 272 g/mol. The molecule has 1 amide bonds. The third-order valence-corrected chi connectivity index (χ3v) is 3.46. The van der Waals surface area contributed by atoms with Gasteiger partial charge in [0.25, 0.3) is 0 Å². The fourth-order valence-electron chi connectivity index (χ4n) is 2.36. The second-order valence-electron chi connectivity index (χ2n) is 4.89. The highest BCUT2D eigenvalue weighted by molar-refractivity contribution is 5.95. The number of nitrogens with zero attached hydrogens (tertiary/aromatic N) is 1. The summed E-state index contributed by atoms with van der Waals surface area (Å²) in [5.74, 6) is 0.227. The third kappa shape index (κ3) is 2.44. The van der Waals surface area contributed by atoms with Crippen LogP contribution in [0.25, 0.3) is 11.1 Å². The van der Waals surface area contributed by atoms with Gasteiger partial charge in [0.05, 0.1) is 23.8 Å². The monoisotopic (exact) mass is 272 g/mol. The Hall–Kier alpha value is -2.14. The predicted octanol–water partition coefficient (Wildman–Crippen LogP) is 2.63. The predicted molar refractivity (Wildman–Crippen MR) is 74.2 cm³/mol. The molecule has 5 heteroatoms. The summed E-state index contributed by atoms with van der Waals surface area (Å²) in [6, 6.07) is 9.76. The van der Waals surface area contributed by atoms with Crippen LogP contribution in [-0.4, -0.2) is 24.3 Å². The Balaban J connectivity index is 1.85. The van der Waals surface area contributed by atoms with Crippen LogP contribution in [0.15, 0.2) is 34.9 Å². The molecule has 1 aromatic heterocycles. The number of ether oxygens (including phenoxy) is 1. The van der Waals surface area contributed by atoms with Gasteiger partial charge in [-0.1, -0.05) is 35.5 Å². The van der Waals surface area contributed by atoms with Crippen LogP contribution >= 0.6 is 0 Å². The molecule has 20 heavy (non-hydrogen) atoms.